The second kappa shape index (κ2) is 5.66. The molecule has 0 aliphatic carbocycles. The van der Waals surface area contributed by atoms with Crippen molar-refractivity contribution >= 4 is 15.7 Å². The van der Waals surface area contributed by atoms with Crippen molar-refractivity contribution in [3.05, 3.63) is 11.7 Å². The maximum absolute atomic E-state index is 11.5. The van der Waals surface area contributed by atoms with Crippen molar-refractivity contribution in [2.75, 3.05) is 24.6 Å². The molecule has 0 radical (unpaired) electrons. The molecule has 0 bridgehead atoms. The third kappa shape index (κ3) is 3.74. The van der Waals surface area contributed by atoms with Gasteiger partial charge in [0, 0.05) is 25.6 Å². The average Bonchev–Trinajstić information content (AvgIpc) is 2.76. The van der Waals surface area contributed by atoms with E-state index in [0.717, 1.165) is 0 Å². The van der Waals surface area contributed by atoms with Crippen LogP contribution in [0.5, 0.6) is 0 Å². The summed E-state index contributed by atoms with van der Waals surface area (Å²) in [5.41, 5.74) is 0. The van der Waals surface area contributed by atoms with Gasteiger partial charge in [0.2, 0.25) is 5.89 Å². The second-order valence-corrected chi connectivity index (χ2v) is 6.57. The van der Waals surface area contributed by atoms with Crippen LogP contribution in [0.15, 0.2) is 4.52 Å². The molecule has 1 atom stereocenters. The molecule has 0 aromatic carbocycles. The average molecular weight is 288 g/mol. The van der Waals surface area contributed by atoms with E-state index in [9.17, 15) is 13.2 Å². The highest BCUT2D eigenvalue weighted by Gasteiger charge is 2.26. The van der Waals surface area contributed by atoms with E-state index < -0.39 is 15.7 Å². The Morgan fingerprint density at radius 3 is 3.05 bits per heavy atom. The van der Waals surface area contributed by atoms with Gasteiger partial charge in [0.1, 0.15) is 0 Å². The van der Waals surface area contributed by atoms with Gasteiger partial charge in [0.15, 0.2) is 9.84 Å². The highest BCUT2D eigenvalue weighted by molar-refractivity contribution is 7.91. The van der Waals surface area contributed by atoms with E-state index in [2.05, 4.69) is 20.8 Å². The Kier molecular flexibility index (Phi) is 4.15. The fraction of sp³-hybridized carbons (Fsp3) is 0.700. The van der Waals surface area contributed by atoms with Crippen molar-refractivity contribution in [3.8, 4) is 0 Å². The Balaban J connectivity index is 1.98. The number of nitrogens with one attached hydrogen (secondary N) is 2. The quantitative estimate of drug-likeness (QED) is 0.711. The van der Waals surface area contributed by atoms with Gasteiger partial charge in [0.25, 0.3) is 11.7 Å². The summed E-state index contributed by atoms with van der Waals surface area (Å²) < 4.78 is 27.9. The molecule has 2 N–H and O–H groups in total. The molecule has 0 saturated carbocycles. The Morgan fingerprint density at radius 2 is 2.37 bits per heavy atom. The Labute approximate surface area is 110 Å². The van der Waals surface area contributed by atoms with E-state index >= 15 is 0 Å². The van der Waals surface area contributed by atoms with Gasteiger partial charge in [-0.3, -0.25) is 4.79 Å². The third-order valence-electron chi connectivity index (χ3n) is 2.73. The standard InChI is InChI=1S/C10H16N4O4S/c1-2-11-10(15)9-13-8(18-14-9)5-7-6-19(16,17)4-3-12-7/h7,12H,2-6H2,1H3,(H,11,15). The fourth-order valence-corrected chi connectivity index (χ4v) is 3.32. The summed E-state index contributed by atoms with van der Waals surface area (Å²) >= 11 is 0. The minimum atomic E-state index is -3.00. The van der Waals surface area contributed by atoms with Crippen LogP contribution in [0, 0.1) is 0 Å². The summed E-state index contributed by atoms with van der Waals surface area (Å²) in [5.74, 6) is 0.0247. The van der Waals surface area contributed by atoms with E-state index in [-0.39, 0.29) is 29.3 Å². The van der Waals surface area contributed by atoms with Crippen LogP contribution in [-0.4, -0.2) is 55.1 Å². The first kappa shape index (κ1) is 13.9. The van der Waals surface area contributed by atoms with Gasteiger partial charge in [-0.05, 0) is 6.92 Å². The Morgan fingerprint density at radius 1 is 1.58 bits per heavy atom. The lowest BCUT2D eigenvalue weighted by Gasteiger charge is -2.21. The third-order valence-corrected chi connectivity index (χ3v) is 4.47. The van der Waals surface area contributed by atoms with Crippen molar-refractivity contribution in [1.29, 1.82) is 0 Å². The smallest absolute Gasteiger partial charge is 0.292 e. The Hall–Kier alpha value is -1.48. The molecule has 8 nitrogen and oxygen atoms in total. The van der Waals surface area contributed by atoms with Crippen LogP contribution < -0.4 is 10.6 Å². The molecule has 1 aromatic heterocycles. The topological polar surface area (TPSA) is 114 Å². The first-order valence-corrected chi connectivity index (χ1v) is 7.87. The highest BCUT2D eigenvalue weighted by Crippen LogP contribution is 2.07. The van der Waals surface area contributed by atoms with E-state index in [1.807, 2.05) is 0 Å². The molecular weight excluding hydrogens is 272 g/mol. The molecule has 2 rings (SSSR count). The number of carbonyl (C=O) groups is 1. The number of aromatic nitrogens is 2. The minimum Gasteiger partial charge on any atom is -0.349 e. The van der Waals surface area contributed by atoms with Gasteiger partial charge in [-0.15, -0.1) is 0 Å². The van der Waals surface area contributed by atoms with Gasteiger partial charge in [-0.2, -0.15) is 4.98 Å². The number of hydrogen-bond acceptors (Lipinski definition) is 7. The summed E-state index contributed by atoms with van der Waals surface area (Å²) in [5, 5.41) is 9.20. The van der Waals surface area contributed by atoms with Crippen LogP contribution in [0.4, 0.5) is 0 Å². The number of nitrogens with zero attached hydrogens (tertiary/aromatic N) is 2. The van der Waals surface area contributed by atoms with Crippen LogP contribution >= 0.6 is 0 Å². The van der Waals surface area contributed by atoms with Gasteiger partial charge in [0.05, 0.1) is 11.5 Å². The number of sulfone groups is 1. The number of amides is 1. The van der Waals surface area contributed by atoms with Crippen LogP contribution in [0.2, 0.25) is 0 Å². The molecule has 1 aliphatic heterocycles. The second-order valence-electron chi connectivity index (χ2n) is 4.34. The molecule has 1 aromatic rings. The van der Waals surface area contributed by atoms with E-state index in [4.69, 9.17) is 4.52 Å². The lowest BCUT2D eigenvalue weighted by Crippen LogP contribution is -2.46. The largest absolute Gasteiger partial charge is 0.349 e. The van der Waals surface area contributed by atoms with E-state index in [1.165, 1.54) is 0 Å². The molecular formula is C10H16N4O4S. The predicted molar refractivity (Wildman–Crippen MR) is 66.5 cm³/mol. The SMILES string of the molecule is CCNC(=O)c1noc(CC2CS(=O)(=O)CCN2)n1. The summed E-state index contributed by atoms with van der Waals surface area (Å²) in [4.78, 5) is 15.4. The van der Waals surface area contributed by atoms with Crippen LogP contribution in [-0.2, 0) is 16.3 Å². The first-order chi connectivity index (χ1) is 9.00. The highest BCUT2D eigenvalue weighted by atomic mass is 32.2. The first-order valence-electron chi connectivity index (χ1n) is 6.05. The molecule has 9 heteroatoms. The van der Waals surface area contributed by atoms with Crippen LogP contribution in [0.25, 0.3) is 0 Å². The van der Waals surface area contributed by atoms with E-state index in [1.54, 1.807) is 6.92 Å². The summed E-state index contributed by atoms with van der Waals surface area (Å²) in [7, 11) is -3.00. The van der Waals surface area contributed by atoms with Crippen molar-refractivity contribution in [1.82, 2.24) is 20.8 Å². The van der Waals surface area contributed by atoms with Crippen LogP contribution in [0.1, 0.15) is 23.4 Å². The lowest BCUT2D eigenvalue weighted by molar-refractivity contribution is 0.0942. The van der Waals surface area contributed by atoms with Gasteiger partial charge < -0.3 is 15.2 Å². The number of carbonyl (C=O) groups excluding carboxylic acids is 1. The molecule has 1 fully saturated rings. The van der Waals surface area contributed by atoms with Gasteiger partial charge >= 0.3 is 0 Å². The number of hydrogen-bond donors (Lipinski definition) is 2. The number of rotatable bonds is 4. The van der Waals surface area contributed by atoms with Crippen molar-refractivity contribution < 1.29 is 17.7 Å². The van der Waals surface area contributed by atoms with Crippen molar-refractivity contribution in [3.63, 3.8) is 0 Å². The normalized spacial score (nSPS) is 22.1. The molecule has 1 amide bonds. The summed E-state index contributed by atoms with van der Waals surface area (Å²) in [6.07, 6.45) is 0.297. The zero-order valence-corrected chi connectivity index (χ0v) is 11.4. The fourth-order valence-electron chi connectivity index (χ4n) is 1.88. The van der Waals surface area contributed by atoms with Crippen LogP contribution in [0.3, 0.4) is 0 Å². The molecule has 1 aliphatic rings. The monoisotopic (exact) mass is 288 g/mol. The molecule has 19 heavy (non-hydrogen) atoms. The zero-order valence-electron chi connectivity index (χ0n) is 10.5. The zero-order chi connectivity index (χ0) is 13.9. The molecule has 0 spiro atoms. The summed E-state index contributed by atoms with van der Waals surface area (Å²) in [6, 6.07) is -0.249. The molecule has 2 heterocycles. The lowest BCUT2D eigenvalue weighted by atomic mass is 10.2. The molecule has 1 saturated heterocycles. The summed E-state index contributed by atoms with van der Waals surface area (Å²) in [6.45, 7) is 2.69. The minimum absolute atomic E-state index is 0.0319. The molecule has 1 unspecified atom stereocenters. The maximum atomic E-state index is 11.5. The Bertz CT molecular complexity index is 554. The van der Waals surface area contributed by atoms with Gasteiger partial charge in [-0.1, -0.05) is 5.16 Å². The van der Waals surface area contributed by atoms with Crippen molar-refractivity contribution in [2.24, 2.45) is 0 Å². The predicted octanol–water partition coefficient (Wildman–Crippen LogP) is -1.25. The maximum Gasteiger partial charge on any atom is 0.292 e. The van der Waals surface area contributed by atoms with Crippen molar-refractivity contribution in [2.45, 2.75) is 19.4 Å². The molecule has 106 valence electrons. The van der Waals surface area contributed by atoms with Gasteiger partial charge in [-0.25, -0.2) is 8.42 Å². The van der Waals surface area contributed by atoms with E-state index in [0.29, 0.717) is 19.5 Å².